The standard InChI is InChI=1S/C16H27N3O/c1-4-8-17-12(2)14-5-6-16(18-10-14)19-9-7-15(11-19)13(3)20/h5-6,10,12-13,15,17,20H,4,7-9,11H2,1-3H3. The van der Waals surface area contributed by atoms with Gasteiger partial charge >= 0.3 is 0 Å². The Bertz CT molecular complexity index is 405. The van der Waals surface area contributed by atoms with E-state index in [4.69, 9.17) is 0 Å². The van der Waals surface area contributed by atoms with Crippen molar-refractivity contribution in [1.29, 1.82) is 0 Å². The Kier molecular flexibility index (Phi) is 5.38. The van der Waals surface area contributed by atoms with Crippen LogP contribution in [0.1, 0.15) is 45.2 Å². The molecule has 0 saturated carbocycles. The van der Waals surface area contributed by atoms with Crippen LogP contribution >= 0.6 is 0 Å². The lowest BCUT2D eigenvalue weighted by Crippen LogP contribution is -2.25. The second kappa shape index (κ2) is 7.04. The van der Waals surface area contributed by atoms with Crippen LogP contribution in [0.5, 0.6) is 0 Å². The van der Waals surface area contributed by atoms with E-state index in [1.807, 2.05) is 13.1 Å². The molecule has 4 nitrogen and oxygen atoms in total. The predicted molar refractivity (Wildman–Crippen MR) is 82.9 cm³/mol. The average molecular weight is 277 g/mol. The van der Waals surface area contributed by atoms with Gasteiger partial charge in [-0.2, -0.15) is 0 Å². The molecule has 112 valence electrons. The third kappa shape index (κ3) is 3.70. The van der Waals surface area contributed by atoms with Gasteiger partial charge in [-0.1, -0.05) is 13.0 Å². The van der Waals surface area contributed by atoms with E-state index < -0.39 is 0 Å². The van der Waals surface area contributed by atoms with Crippen molar-refractivity contribution in [2.75, 3.05) is 24.5 Å². The quantitative estimate of drug-likeness (QED) is 0.838. The summed E-state index contributed by atoms with van der Waals surface area (Å²) in [5.41, 5.74) is 1.23. The van der Waals surface area contributed by atoms with E-state index in [2.05, 4.69) is 41.2 Å². The van der Waals surface area contributed by atoms with Crippen LogP contribution in [0.3, 0.4) is 0 Å². The number of nitrogens with zero attached hydrogens (tertiary/aromatic N) is 2. The Morgan fingerprint density at radius 2 is 2.25 bits per heavy atom. The zero-order valence-electron chi connectivity index (χ0n) is 12.8. The first kappa shape index (κ1) is 15.3. The van der Waals surface area contributed by atoms with Crippen LogP contribution in [0, 0.1) is 5.92 Å². The van der Waals surface area contributed by atoms with Gasteiger partial charge in [0.25, 0.3) is 0 Å². The number of anilines is 1. The molecule has 1 aliphatic heterocycles. The van der Waals surface area contributed by atoms with Gasteiger partial charge in [0.1, 0.15) is 5.82 Å². The number of hydrogen-bond acceptors (Lipinski definition) is 4. The molecule has 2 heterocycles. The Labute approximate surface area is 122 Å². The van der Waals surface area contributed by atoms with Crippen molar-refractivity contribution >= 4 is 5.82 Å². The number of nitrogens with one attached hydrogen (secondary N) is 1. The number of pyridine rings is 1. The maximum Gasteiger partial charge on any atom is 0.128 e. The van der Waals surface area contributed by atoms with Gasteiger partial charge < -0.3 is 15.3 Å². The van der Waals surface area contributed by atoms with Crippen molar-refractivity contribution in [3.63, 3.8) is 0 Å². The molecule has 0 aliphatic carbocycles. The van der Waals surface area contributed by atoms with Crippen molar-refractivity contribution in [3.8, 4) is 0 Å². The molecule has 2 rings (SSSR count). The number of aliphatic hydroxyl groups is 1. The highest BCUT2D eigenvalue weighted by Crippen LogP contribution is 2.25. The number of hydrogen-bond donors (Lipinski definition) is 2. The summed E-state index contributed by atoms with van der Waals surface area (Å²) < 4.78 is 0. The van der Waals surface area contributed by atoms with Crippen molar-refractivity contribution in [2.45, 2.75) is 45.8 Å². The van der Waals surface area contributed by atoms with Crippen molar-refractivity contribution in [3.05, 3.63) is 23.9 Å². The van der Waals surface area contributed by atoms with Gasteiger partial charge in [-0.25, -0.2) is 4.98 Å². The Morgan fingerprint density at radius 1 is 1.45 bits per heavy atom. The van der Waals surface area contributed by atoms with E-state index in [0.29, 0.717) is 12.0 Å². The number of rotatable bonds is 6. The minimum atomic E-state index is -0.225. The molecule has 1 fully saturated rings. The fourth-order valence-corrected chi connectivity index (χ4v) is 2.71. The molecule has 0 spiro atoms. The monoisotopic (exact) mass is 277 g/mol. The lowest BCUT2D eigenvalue weighted by Gasteiger charge is -2.20. The first-order valence-electron chi connectivity index (χ1n) is 7.74. The Morgan fingerprint density at radius 3 is 2.80 bits per heavy atom. The highest BCUT2D eigenvalue weighted by Gasteiger charge is 2.26. The number of aliphatic hydroxyl groups excluding tert-OH is 1. The lowest BCUT2D eigenvalue weighted by molar-refractivity contribution is 0.136. The van der Waals surface area contributed by atoms with Crippen molar-refractivity contribution < 1.29 is 5.11 Å². The van der Waals surface area contributed by atoms with Gasteiger partial charge in [0.2, 0.25) is 0 Å². The average Bonchev–Trinajstić information content (AvgIpc) is 2.95. The minimum absolute atomic E-state index is 0.225. The lowest BCUT2D eigenvalue weighted by atomic mass is 10.0. The fraction of sp³-hybridized carbons (Fsp3) is 0.688. The maximum atomic E-state index is 9.66. The third-order valence-electron chi connectivity index (χ3n) is 4.20. The van der Waals surface area contributed by atoms with E-state index in [1.165, 1.54) is 5.56 Å². The second-order valence-electron chi connectivity index (χ2n) is 5.86. The Balaban J connectivity index is 1.95. The normalized spacial score (nSPS) is 22.0. The number of aromatic nitrogens is 1. The van der Waals surface area contributed by atoms with E-state index in [9.17, 15) is 5.11 Å². The van der Waals surface area contributed by atoms with E-state index >= 15 is 0 Å². The topological polar surface area (TPSA) is 48.4 Å². The Hall–Kier alpha value is -1.13. The van der Waals surface area contributed by atoms with Crippen molar-refractivity contribution in [1.82, 2.24) is 10.3 Å². The zero-order chi connectivity index (χ0) is 14.5. The predicted octanol–water partition coefficient (Wildman–Crippen LogP) is 2.35. The van der Waals surface area contributed by atoms with Crippen molar-refractivity contribution in [2.24, 2.45) is 5.92 Å². The van der Waals surface area contributed by atoms with Crippen LogP contribution in [-0.4, -0.2) is 35.8 Å². The molecule has 1 aromatic rings. The molecule has 0 bridgehead atoms. The van der Waals surface area contributed by atoms with Gasteiger partial charge in [-0.05, 0) is 44.9 Å². The van der Waals surface area contributed by atoms with Crippen LogP contribution in [0.15, 0.2) is 18.3 Å². The summed E-state index contributed by atoms with van der Waals surface area (Å²) in [4.78, 5) is 6.86. The van der Waals surface area contributed by atoms with E-state index in [0.717, 1.165) is 38.3 Å². The molecular weight excluding hydrogens is 250 g/mol. The van der Waals surface area contributed by atoms with Crippen LogP contribution in [0.2, 0.25) is 0 Å². The zero-order valence-corrected chi connectivity index (χ0v) is 12.8. The van der Waals surface area contributed by atoms with Gasteiger partial charge in [-0.3, -0.25) is 0 Å². The largest absolute Gasteiger partial charge is 0.393 e. The van der Waals surface area contributed by atoms with Gasteiger partial charge in [0, 0.05) is 31.2 Å². The first-order chi connectivity index (χ1) is 9.61. The summed E-state index contributed by atoms with van der Waals surface area (Å²) in [7, 11) is 0. The highest BCUT2D eigenvalue weighted by molar-refractivity contribution is 5.41. The third-order valence-corrected chi connectivity index (χ3v) is 4.20. The van der Waals surface area contributed by atoms with E-state index in [-0.39, 0.29) is 6.10 Å². The molecule has 3 atom stereocenters. The summed E-state index contributed by atoms with van der Waals surface area (Å²) in [6, 6.07) is 4.61. The van der Waals surface area contributed by atoms with Gasteiger partial charge in [0.15, 0.2) is 0 Å². The van der Waals surface area contributed by atoms with Gasteiger partial charge in [-0.15, -0.1) is 0 Å². The summed E-state index contributed by atoms with van der Waals surface area (Å²) in [5.74, 6) is 1.40. The summed E-state index contributed by atoms with van der Waals surface area (Å²) in [5, 5.41) is 13.1. The van der Waals surface area contributed by atoms with Crippen LogP contribution in [-0.2, 0) is 0 Å². The highest BCUT2D eigenvalue weighted by atomic mass is 16.3. The molecule has 2 N–H and O–H groups in total. The molecular formula is C16H27N3O. The molecule has 4 heteroatoms. The smallest absolute Gasteiger partial charge is 0.128 e. The molecule has 1 aliphatic rings. The molecule has 20 heavy (non-hydrogen) atoms. The molecule has 0 radical (unpaired) electrons. The molecule has 0 aromatic carbocycles. The van der Waals surface area contributed by atoms with Crippen LogP contribution in [0.4, 0.5) is 5.82 Å². The first-order valence-corrected chi connectivity index (χ1v) is 7.74. The van der Waals surface area contributed by atoms with Gasteiger partial charge in [0.05, 0.1) is 6.10 Å². The SMILES string of the molecule is CCCNC(C)c1ccc(N2CCC(C(C)O)C2)nc1. The minimum Gasteiger partial charge on any atom is -0.393 e. The maximum absolute atomic E-state index is 9.66. The second-order valence-corrected chi connectivity index (χ2v) is 5.86. The molecule has 1 aromatic heterocycles. The van der Waals surface area contributed by atoms with Crippen LogP contribution in [0.25, 0.3) is 0 Å². The molecule has 0 amide bonds. The molecule has 1 saturated heterocycles. The van der Waals surface area contributed by atoms with Crippen LogP contribution < -0.4 is 10.2 Å². The van der Waals surface area contributed by atoms with E-state index in [1.54, 1.807) is 0 Å². The molecule has 3 unspecified atom stereocenters. The fourth-order valence-electron chi connectivity index (χ4n) is 2.71. The summed E-state index contributed by atoms with van der Waals surface area (Å²) >= 11 is 0. The summed E-state index contributed by atoms with van der Waals surface area (Å²) in [6.07, 6.45) is 3.94. The summed E-state index contributed by atoms with van der Waals surface area (Å²) in [6.45, 7) is 9.16.